The van der Waals surface area contributed by atoms with E-state index in [4.69, 9.17) is 0 Å². The molecule has 1 aromatic heterocycles. The van der Waals surface area contributed by atoms with Crippen LogP contribution in [0.2, 0.25) is 0 Å². The fourth-order valence-electron chi connectivity index (χ4n) is 3.00. The van der Waals surface area contributed by atoms with Crippen molar-refractivity contribution in [3.05, 3.63) is 48.2 Å². The number of benzene rings is 1. The second-order valence-electron chi connectivity index (χ2n) is 5.97. The molecule has 0 amide bonds. The maximum atomic E-state index is 12.2. The molecule has 24 heavy (non-hydrogen) atoms. The van der Waals surface area contributed by atoms with Gasteiger partial charge in [-0.1, -0.05) is 6.07 Å². The van der Waals surface area contributed by atoms with Crippen LogP contribution in [0.3, 0.4) is 0 Å². The number of halogens is 2. The van der Waals surface area contributed by atoms with Gasteiger partial charge in [0.05, 0.1) is 0 Å². The van der Waals surface area contributed by atoms with Gasteiger partial charge in [-0.25, -0.2) is 4.98 Å². The highest BCUT2D eigenvalue weighted by Crippen LogP contribution is 2.24. The summed E-state index contributed by atoms with van der Waals surface area (Å²) in [6.07, 6.45) is 2.15. The number of aryl methyl sites for hydroxylation is 1. The van der Waals surface area contributed by atoms with Gasteiger partial charge in [-0.3, -0.25) is 0 Å². The Kier molecular flexibility index (Phi) is 5.13. The number of nitrogens with one attached hydrogen (secondary N) is 1. The Balaban J connectivity index is 1.62. The summed E-state index contributed by atoms with van der Waals surface area (Å²) >= 11 is 0. The van der Waals surface area contributed by atoms with E-state index in [9.17, 15) is 8.78 Å². The molecule has 0 spiro atoms. The molecule has 6 heteroatoms. The summed E-state index contributed by atoms with van der Waals surface area (Å²) in [5.74, 6) is 1.08. The Morgan fingerprint density at radius 1 is 1.21 bits per heavy atom. The van der Waals surface area contributed by atoms with E-state index in [0.717, 1.165) is 43.1 Å². The Hall–Kier alpha value is -2.37. The smallest absolute Gasteiger partial charge is 0.387 e. The molecule has 1 fully saturated rings. The predicted molar refractivity (Wildman–Crippen MR) is 90.9 cm³/mol. The number of nitrogens with zero attached hydrogens (tertiary/aromatic N) is 2. The lowest BCUT2D eigenvalue weighted by molar-refractivity contribution is -0.0498. The van der Waals surface area contributed by atoms with Crippen LogP contribution >= 0.6 is 0 Å². The molecule has 3 rings (SSSR count). The van der Waals surface area contributed by atoms with Crippen LogP contribution in [0.4, 0.5) is 20.3 Å². The van der Waals surface area contributed by atoms with Gasteiger partial charge in [0.1, 0.15) is 11.6 Å². The lowest BCUT2D eigenvalue weighted by Crippen LogP contribution is -2.42. The van der Waals surface area contributed by atoms with Gasteiger partial charge >= 0.3 is 6.61 Å². The second kappa shape index (κ2) is 7.47. The van der Waals surface area contributed by atoms with E-state index < -0.39 is 6.61 Å². The largest absolute Gasteiger partial charge is 0.435 e. The van der Waals surface area contributed by atoms with E-state index in [2.05, 4.69) is 19.9 Å². The summed E-state index contributed by atoms with van der Waals surface area (Å²) in [4.78, 5) is 6.74. The summed E-state index contributed by atoms with van der Waals surface area (Å²) in [5, 5.41) is 3.48. The highest BCUT2D eigenvalue weighted by molar-refractivity contribution is 5.50. The summed E-state index contributed by atoms with van der Waals surface area (Å²) in [6.45, 7) is 0.988. The van der Waals surface area contributed by atoms with Crippen molar-refractivity contribution in [1.29, 1.82) is 0 Å². The molecular weight excluding hydrogens is 312 g/mol. The molecule has 1 aliphatic heterocycles. The summed E-state index contributed by atoms with van der Waals surface area (Å²) in [5.41, 5.74) is 2.00. The number of aromatic nitrogens is 1. The van der Waals surface area contributed by atoms with Crippen LogP contribution in [0, 0.1) is 6.92 Å². The van der Waals surface area contributed by atoms with Crippen LogP contribution in [0.5, 0.6) is 5.75 Å². The van der Waals surface area contributed by atoms with E-state index in [0.29, 0.717) is 6.04 Å². The van der Waals surface area contributed by atoms with E-state index in [1.807, 2.05) is 37.3 Å². The number of pyridine rings is 1. The SMILES string of the molecule is Cc1cccc(NC2CCCN(c3ccc(OC(F)F)cc3)C2)n1. The fourth-order valence-corrected chi connectivity index (χ4v) is 3.00. The summed E-state index contributed by atoms with van der Waals surface area (Å²) < 4.78 is 28.8. The number of hydrogen-bond donors (Lipinski definition) is 1. The Morgan fingerprint density at radius 2 is 2.00 bits per heavy atom. The van der Waals surface area contributed by atoms with Crippen molar-refractivity contribution in [2.45, 2.75) is 32.4 Å². The number of rotatable bonds is 5. The lowest BCUT2D eigenvalue weighted by Gasteiger charge is -2.35. The van der Waals surface area contributed by atoms with Crippen molar-refractivity contribution in [1.82, 2.24) is 4.98 Å². The molecule has 1 aliphatic rings. The van der Waals surface area contributed by atoms with Gasteiger partial charge in [-0.05, 0) is 56.2 Å². The van der Waals surface area contributed by atoms with Crippen LogP contribution in [0.15, 0.2) is 42.5 Å². The lowest BCUT2D eigenvalue weighted by atomic mass is 10.0. The van der Waals surface area contributed by atoms with Gasteiger partial charge in [-0.2, -0.15) is 8.78 Å². The normalized spacial score (nSPS) is 17.8. The van der Waals surface area contributed by atoms with Gasteiger partial charge < -0.3 is 15.0 Å². The molecule has 1 N–H and O–H groups in total. The number of alkyl halides is 2. The van der Waals surface area contributed by atoms with Gasteiger partial charge in [0.15, 0.2) is 0 Å². The molecule has 4 nitrogen and oxygen atoms in total. The van der Waals surface area contributed by atoms with Crippen molar-refractivity contribution >= 4 is 11.5 Å². The molecule has 0 aliphatic carbocycles. The van der Waals surface area contributed by atoms with E-state index in [1.54, 1.807) is 12.1 Å². The van der Waals surface area contributed by atoms with Crippen molar-refractivity contribution < 1.29 is 13.5 Å². The summed E-state index contributed by atoms with van der Waals surface area (Å²) in [7, 11) is 0. The van der Waals surface area contributed by atoms with Crippen LogP contribution in [-0.4, -0.2) is 30.7 Å². The predicted octanol–water partition coefficient (Wildman–Crippen LogP) is 4.07. The first-order valence-corrected chi connectivity index (χ1v) is 8.10. The quantitative estimate of drug-likeness (QED) is 0.895. The molecule has 2 aromatic rings. The Labute approximate surface area is 140 Å². The minimum Gasteiger partial charge on any atom is -0.435 e. The molecule has 1 unspecified atom stereocenters. The highest BCUT2D eigenvalue weighted by Gasteiger charge is 2.20. The van der Waals surface area contributed by atoms with Gasteiger partial charge in [-0.15, -0.1) is 0 Å². The average molecular weight is 333 g/mol. The highest BCUT2D eigenvalue weighted by atomic mass is 19.3. The zero-order chi connectivity index (χ0) is 16.9. The van der Waals surface area contributed by atoms with Crippen molar-refractivity contribution in [3.63, 3.8) is 0 Å². The standard InChI is InChI=1S/C18H21F2N3O/c1-13-4-2-6-17(21-13)22-14-5-3-11-23(12-14)15-7-9-16(10-8-15)24-18(19)20/h2,4,6-10,14,18H,3,5,11-12H2,1H3,(H,21,22). The third-order valence-electron chi connectivity index (χ3n) is 4.09. The average Bonchev–Trinajstić information content (AvgIpc) is 2.55. The molecule has 0 bridgehead atoms. The number of piperidine rings is 1. The van der Waals surface area contributed by atoms with Crippen LogP contribution < -0.4 is 15.0 Å². The van der Waals surface area contributed by atoms with E-state index in [-0.39, 0.29) is 5.75 Å². The monoisotopic (exact) mass is 333 g/mol. The first kappa shape index (κ1) is 16.5. The van der Waals surface area contributed by atoms with Crippen LogP contribution in [0.1, 0.15) is 18.5 Å². The van der Waals surface area contributed by atoms with E-state index >= 15 is 0 Å². The Morgan fingerprint density at radius 3 is 2.71 bits per heavy atom. The number of hydrogen-bond acceptors (Lipinski definition) is 4. The Bertz CT molecular complexity index is 664. The zero-order valence-corrected chi connectivity index (χ0v) is 13.6. The second-order valence-corrected chi connectivity index (χ2v) is 5.97. The summed E-state index contributed by atoms with van der Waals surface area (Å²) in [6, 6.07) is 13.1. The minimum absolute atomic E-state index is 0.185. The van der Waals surface area contributed by atoms with Gasteiger partial charge in [0.25, 0.3) is 0 Å². The molecule has 128 valence electrons. The maximum absolute atomic E-state index is 12.2. The topological polar surface area (TPSA) is 37.4 Å². The first-order chi connectivity index (χ1) is 11.6. The third kappa shape index (κ3) is 4.34. The molecule has 1 atom stereocenters. The number of ether oxygens (including phenoxy) is 1. The zero-order valence-electron chi connectivity index (χ0n) is 13.6. The number of anilines is 2. The molecule has 0 saturated carbocycles. The van der Waals surface area contributed by atoms with Gasteiger partial charge in [0.2, 0.25) is 0 Å². The van der Waals surface area contributed by atoms with E-state index in [1.165, 1.54) is 0 Å². The van der Waals surface area contributed by atoms with Crippen LogP contribution in [0.25, 0.3) is 0 Å². The van der Waals surface area contributed by atoms with Crippen molar-refractivity contribution in [2.24, 2.45) is 0 Å². The molecule has 0 radical (unpaired) electrons. The molecule has 2 heterocycles. The molecule has 1 saturated heterocycles. The first-order valence-electron chi connectivity index (χ1n) is 8.10. The minimum atomic E-state index is -2.79. The van der Waals surface area contributed by atoms with Gasteiger partial charge in [0, 0.05) is 30.5 Å². The third-order valence-corrected chi connectivity index (χ3v) is 4.09. The molecular formula is C18H21F2N3O. The maximum Gasteiger partial charge on any atom is 0.387 e. The van der Waals surface area contributed by atoms with Crippen LogP contribution in [-0.2, 0) is 0 Å². The van der Waals surface area contributed by atoms with Crippen molar-refractivity contribution in [3.8, 4) is 5.75 Å². The molecule has 1 aromatic carbocycles. The van der Waals surface area contributed by atoms with Crippen molar-refractivity contribution in [2.75, 3.05) is 23.3 Å². The fraction of sp³-hybridized carbons (Fsp3) is 0.389.